The molecular weight excluding hydrogens is 420 g/mol. The van der Waals surface area contributed by atoms with Crippen LogP contribution in [0, 0.1) is 6.07 Å². The number of fused-ring (bicyclic) bond motifs is 3. The van der Waals surface area contributed by atoms with Crippen molar-refractivity contribution in [3.8, 4) is 0 Å². The van der Waals surface area contributed by atoms with Gasteiger partial charge in [0.1, 0.15) is 0 Å². The summed E-state index contributed by atoms with van der Waals surface area (Å²) in [6, 6.07) is 20.1. The Balaban J connectivity index is 1.91. The van der Waals surface area contributed by atoms with Crippen molar-refractivity contribution in [2.45, 2.75) is 44.0 Å². The number of nitrogens with zero attached hydrogens (tertiary/aromatic N) is 1. The van der Waals surface area contributed by atoms with Gasteiger partial charge in [-0.2, -0.15) is 0 Å². The van der Waals surface area contributed by atoms with Gasteiger partial charge in [-0.15, -0.1) is 0 Å². The second-order valence-electron chi connectivity index (χ2n) is 8.29. The van der Waals surface area contributed by atoms with Gasteiger partial charge in [-0.3, -0.25) is 4.79 Å². The number of hydrogen-bond donors (Lipinski definition) is 1. The molecule has 0 spiro atoms. The molecule has 0 saturated heterocycles. The van der Waals surface area contributed by atoms with E-state index in [0.29, 0.717) is 17.0 Å². The maximum atomic E-state index is 12.2. The molecule has 5 nitrogen and oxygen atoms in total. The lowest BCUT2D eigenvalue weighted by molar-refractivity contribution is 0.100. The van der Waals surface area contributed by atoms with Gasteiger partial charge in [0.25, 0.3) is 0 Å². The largest absolute Gasteiger partial charge is 0.366 e. The molecule has 2 N–H and O–H groups in total. The van der Waals surface area contributed by atoms with Crippen LogP contribution < -0.4 is 5.73 Å². The molecular formula is C26H27N2O3S. The van der Waals surface area contributed by atoms with Gasteiger partial charge in [0, 0.05) is 29.1 Å². The van der Waals surface area contributed by atoms with Crippen molar-refractivity contribution >= 4 is 37.6 Å². The van der Waals surface area contributed by atoms with Crippen LogP contribution in [0.15, 0.2) is 59.5 Å². The molecule has 1 radical (unpaired) electrons. The molecule has 6 heteroatoms. The highest BCUT2D eigenvalue weighted by molar-refractivity contribution is 7.90. The number of benzene rings is 3. The maximum Gasteiger partial charge on any atom is 0.249 e. The van der Waals surface area contributed by atoms with Crippen LogP contribution >= 0.6 is 0 Å². The summed E-state index contributed by atoms with van der Waals surface area (Å²) in [6.45, 7) is 2.65. The first-order valence-corrected chi connectivity index (χ1v) is 12.7. The fraction of sp³-hybridized carbons (Fsp3) is 0.269. The number of aromatic nitrogens is 1. The highest BCUT2D eigenvalue weighted by Gasteiger charge is 2.18. The fourth-order valence-corrected chi connectivity index (χ4v) is 4.95. The van der Waals surface area contributed by atoms with Crippen LogP contribution in [0.2, 0.25) is 0 Å². The van der Waals surface area contributed by atoms with Gasteiger partial charge < -0.3 is 10.3 Å². The summed E-state index contributed by atoms with van der Waals surface area (Å²) in [5.41, 5.74) is 10.1. The van der Waals surface area contributed by atoms with E-state index in [1.807, 2.05) is 24.3 Å². The molecule has 0 atom stereocenters. The number of unbranched alkanes of at least 4 members (excludes halogenated alkanes) is 2. The van der Waals surface area contributed by atoms with E-state index in [-0.39, 0.29) is 0 Å². The van der Waals surface area contributed by atoms with Crippen LogP contribution in [0.3, 0.4) is 0 Å². The third kappa shape index (κ3) is 4.28. The molecule has 1 heterocycles. The van der Waals surface area contributed by atoms with Gasteiger partial charge in [-0.05, 0) is 60.4 Å². The van der Waals surface area contributed by atoms with Crippen molar-refractivity contribution in [1.29, 1.82) is 0 Å². The van der Waals surface area contributed by atoms with E-state index in [1.54, 1.807) is 24.3 Å². The second-order valence-corrected chi connectivity index (χ2v) is 10.3. The van der Waals surface area contributed by atoms with E-state index >= 15 is 0 Å². The fourth-order valence-electron chi connectivity index (χ4n) is 4.26. The molecule has 0 saturated carbocycles. The Hall–Kier alpha value is -3.12. The number of carbonyl (C=O) groups is 1. The average Bonchev–Trinajstić information content (AvgIpc) is 3.06. The Morgan fingerprint density at radius 1 is 1.03 bits per heavy atom. The SMILES string of the molecule is CCCCCc1c[c]c2c3c(C(N)=O)cccc3n(Cc3cccc(S(C)(=O)=O)c3)c2c1. The minimum Gasteiger partial charge on any atom is -0.366 e. The van der Waals surface area contributed by atoms with Gasteiger partial charge in [-0.1, -0.05) is 44.0 Å². The molecule has 0 aliphatic carbocycles. The van der Waals surface area contributed by atoms with E-state index in [1.165, 1.54) is 18.2 Å². The average molecular weight is 448 g/mol. The first-order valence-electron chi connectivity index (χ1n) is 10.8. The Labute approximate surface area is 188 Å². The van der Waals surface area contributed by atoms with Crippen LogP contribution in [-0.4, -0.2) is 25.1 Å². The third-order valence-electron chi connectivity index (χ3n) is 5.86. The summed E-state index contributed by atoms with van der Waals surface area (Å²) in [5.74, 6) is -0.478. The molecule has 0 aliphatic heterocycles. The van der Waals surface area contributed by atoms with E-state index < -0.39 is 15.7 Å². The lowest BCUT2D eigenvalue weighted by Gasteiger charge is -2.10. The highest BCUT2D eigenvalue weighted by Crippen LogP contribution is 2.33. The summed E-state index contributed by atoms with van der Waals surface area (Å²) in [6.07, 6.45) is 5.62. The molecule has 4 rings (SSSR count). The maximum absolute atomic E-state index is 12.2. The minimum absolute atomic E-state index is 0.292. The standard InChI is InChI=1S/C26H27N2O3S/c1-3-4-5-8-18-13-14-21-24(16-18)28(23-12-7-11-22(25(21)23)26(27)29)17-19-9-6-10-20(15-19)32(2,30)31/h6-7,9-13,15-16H,3-5,8,17H2,1-2H3,(H2,27,29). The molecule has 32 heavy (non-hydrogen) atoms. The number of nitrogens with two attached hydrogens (primary N) is 1. The number of carbonyl (C=O) groups excluding carboxylic acids is 1. The quantitative estimate of drug-likeness (QED) is 0.391. The number of hydrogen-bond acceptors (Lipinski definition) is 3. The Bertz CT molecular complexity index is 1420. The zero-order valence-electron chi connectivity index (χ0n) is 18.4. The highest BCUT2D eigenvalue weighted by atomic mass is 32.2. The zero-order valence-corrected chi connectivity index (χ0v) is 19.2. The molecule has 0 unspecified atom stereocenters. The Kier molecular flexibility index (Phi) is 6.07. The zero-order chi connectivity index (χ0) is 22.9. The molecule has 165 valence electrons. The molecule has 1 aromatic heterocycles. The Morgan fingerprint density at radius 3 is 2.53 bits per heavy atom. The number of rotatable bonds is 8. The topological polar surface area (TPSA) is 82.2 Å². The first-order chi connectivity index (χ1) is 15.3. The summed E-state index contributed by atoms with van der Waals surface area (Å²) < 4.78 is 26.2. The minimum atomic E-state index is -3.30. The number of primary amides is 1. The molecule has 0 bridgehead atoms. The van der Waals surface area contributed by atoms with Crippen molar-refractivity contribution in [3.63, 3.8) is 0 Å². The van der Waals surface area contributed by atoms with Crippen LogP contribution in [0.4, 0.5) is 0 Å². The second kappa shape index (κ2) is 8.79. The van der Waals surface area contributed by atoms with Gasteiger partial charge in [0.2, 0.25) is 5.91 Å². The van der Waals surface area contributed by atoms with Gasteiger partial charge in [0.05, 0.1) is 15.9 Å². The van der Waals surface area contributed by atoms with E-state index in [9.17, 15) is 13.2 Å². The molecule has 0 aliphatic rings. The molecule has 4 aromatic rings. The van der Waals surface area contributed by atoms with Crippen LogP contribution in [0.25, 0.3) is 21.8 Å². The van der Waals surface area contributed by atoms with Gasteiger partial charge in [0.15, 0.2) is 9.84 Å². The van der Waals surface area contributed by atoms with Crippen molar-refractivity contribution in [2.75, 3.05) is 6.26 Å². The third-order valence-corrected chi connectivity index (χ3v) is 6.97. The first kappa shape index (κ1) is 22.1. The Morgan fingerprint density at radius 2 is 1.81 bits per heavy atom. The van der Waals surface area contributed by atoms with Crippen LogP contribution in [0.1, 0.15) is 47.7 Å². The summed E-state index contributed by atoms with van der Waals surface area (Å²) in [5, 5.41) is 1.64. The molecule has 3 aromatic carbocycles. The smallest absolute Gasteiger partial charge is 0.249 e. The van der Waals surface area contributed by atoms with Crippen LogP contribution in [-0.2, 0) is 22.8 Å². The normalized spacial score (nSPS) is 11.9. The molecule has 0 fully saturated rings. The predicted molar refractivity (Wildman–Crippen MR) is 129 cm³/mol. The van der Waals surface area contributed by atoms with Crippen molar-refractivity contribution in [1.82, 2.24) is 4.57 Å². The lowest BCUT2D eigenvalue weighted by atomic mass is 10.0. The lowest BCUT2D eigenvalue weighted by Crippen LogP contribution is -2.11. The van der Waals surface area contributed by atoms with Crippen molar-refractivity contribution < 1.29 is 13.2 Å². The number of aryl methyl sites for hydroxylation is 1. The number of sulfone groups is 1. The van der Waals surface area contributed by atoms with E-state index in [2.05, 4.69) is 23.6 Å². The van der Waals surface area contributed by atoms with E-state index in [4.69, 9.17) is 5.73 Å². The molecule has 1 amide bonds. The van der Waals surface area contributed by atoms with Gasteiger partial charge >= 0.3 is 0 Å². The predicted octanol–water partition coefficient (Wildman–Crippen LogP) is 4.88. The van der Waals surface area contributed by atoms with Crippen molar-refractivity contribution in [3.05, 3.63) is 77.4 Å². The monoisotopic (exact) mass is 447 g/mol. The van der Waals surface area contributed by atoms with Crippen molar-refractivity contribution in [2.24, 2.45) is 5.73 Å². The number of amides is 1. The van der Waals surface area contributed by atoms with Gasteiger partial charge in [-0.25, -0.2) is 8.42 Å². The summed E-state index contributed by atoms with van der Waals surface area (Å²) >= 11 is 0. The summed E-state index contributed by atoms with van der Waals surface area (Å²) in [4.78, 5) is 12.4. The van der Waals surface area contributed by atoms with Crippen LogP contribution in [0.5, 0.6) is 0 Å². The summed E-state index contributed by atoms with van der Waals surface area (Å²) in [7, 11) is -3.30. The van der Waals surface area contributed by atoms with E-state index in [0.717, 1.165) is 46.6 Å².